The molecule has 0 aliphatic carbocycles. The van der Waals surface area contributed by atoms with E-state index in [2.05, 4.69) is 24.2 Å². The number of hydrogen-bond donors (Lipinski definition) is 1. The standard InChI is InChI=1S/C11H18N4O2S/c1-9(2)8-15(3)14-13-10-4-6-11(7-5-10)18(12,16)17/h4-7,9H,8H2,1-3H3,(H2,12,16,17). The summed E-state index contributed by atoms with van der Waals surface area (Å²) in [4.78, 5) is 0.0667. The van der Waals surface area contributed by atoms with E-state index in [1.54, 1.807) is 17.1 Å². The second-order valence-corrected chi connectivity index (χ2v) is 6.02. The Kier molecular flexibility index (Phi) is 4.80. The number of benzene rings is 1. The topological polar surface area (TPSA) is 88.1 Å². The molecule has 18 heavy (non-hydrogen) atoms. The molecule has 7 heteroatoms. The van der Waals surface area contributed by atoms with Gasteiger partial charge in [0.15, 0.2) is 0 Å². The molecule has 0 atom stereocenters. The minimum atomic E-state index is -3.65. The predicted octanol–water partition coefficient (Wildman–Crippen LogP) is 1.92. The van der Waals surface area contributed by atoms with Gasteiger partial charge < -0.3 is 0 Å². The Morgan fingerprint density at radius 1 is 1.28 bits per heavy atom. The molecular formula is C11H18N4O2S. The van der Waals surface area contributed by atoms with Crippen LogP contribution < -0.4 is 5.14 Å². The molecule has 0 saturated heterocycles. The minimum Gasteiger partial charge on any atom is -0.281 e. The summed E-state index contributed by atoms with van der Waals surface area (Å²) < 4.78 is 22.1. The number of sulfonamides is 1. The second kappa shape index (κ2) is 5.92. The van der Waals surface area contributed by atoms with E-state index < -0.39 is 10.0 Å². The fourth-order valence-electron chi connectivity index (χ4n) is 1.40. The maximum atomic E-state index is 11.0. The maximum absolute atomic E-state index is 11.0. The number of primary sulfonamides is 1. The van der Waals surface area contributed by atoms with Gasteiger partial charge in [-0.1, -0.05) is 19.1 Å². The molecule has 0 bridgehead atoms. The van der Waals surface area contributed by atoms with Gasteiger partial charge in [0.2, 0.25) is 10.0 Å². The summed E-state index contributed by atoms with van der Waals surface area (Å²) in [5.74, 6) is 0.499. The van der Waals surface area contributed by atoms with Crippen LogP contribution in [0.5, 0.6) is 0 Å². The van der Waals surface area contributed by atoms with E-state index in [0.29, 0.717) is 11.6 Å². The van der Waals surface area contributed by atoms with Crippen LogP contribution in [0, 0.1) is 5.92 Å². The van der Waals surface area contributed by atoms with E-state index in [-0.39, 0.29) is 4.90 Å². The highest BCUT2D eigenvalue weighted by Crippen LogP contribution is 2.16. The molecule has 0 fully saturated rings. The van der Waals surface area contributed by atoms with Crippen molar-refractivity contribution in [3.05, 3.63) is 24.3 Å². The number of rotatable bonds is 5. The molecular weight excluding hydrogens is 252 g/mol. The van der Waals surface area contributed by atoms with Crippen LogP contribution in [0.1, 0.15) is 13.8 Å². The van der Waals surface area contributed by atoms with Crippen LogP contribution in [-0.2, 0) is 10.0 Å². The van der Waals surface area contributed by atoms with Crippen molar-refractivity contribution < 1.29 is 8.42 Å². The lowest BCUT2D eigenvalue weighted by molar-refractivity contribution is 0.292. The Labute approximate surface area is 108 Å². The van der Waals surface area contributed by atoms with Gasteiger partial charge in [-0.15, -0.1) is 5.11 Å². The largest absolute Gasteiger partial charge is 0.281 e. The zero-order valence-electron chi connectivity index (χ0n) is 10.7. The quantitative estimate of drug-likeness (QED) is 0.655. The summed E-state index contributed by atoms with van der Waals surface area (Å²) in [5.41, 5.74) is 0.581. The van der Waals surface area contributed by atoms with Crippen molar-refractivity contribution >= 4 is 15.7 Å². The normalized spacial score (nSPS) is 12.3. The highest BCUT2D eigenvalue weighted by molar-refractivity contribution is 7.89. The molecule has 0 radical (unpaired) electrons. The van der Waals surface area contributed by atoms with Gasteiger partial charge in [-0.3, -0.25) is 5.01 Å². The van der Waals surface area contributed by atoms with Crippen molar-refractivity contribution in [3.8, 4) is 0 Å². The average molecular weight is 270 g/mol. The Morgan fingerprint density at radius 2 is 1.83 bits per heavy atom. The first-order chi connectivity index (χ1) is 8.29. The Morgan fingerprint density at radius 3 is 2.28 bits per heavy atom. The van der Waals surface area contributed by atoms with Gasteiger partial charge in [0, 0.05) is 13.6 Å². The van der Waals surface area contributed by atoms with Gasteiger partial charge in [0.1, 0.15) is 0 Å². The molecule has 0 aromatic heterocycles. The van der Waals surface area contributed by atoms with Gasteiger partial charge in [0.05, 0.1) is 10.6 Å². The molecule has 6 nitrogen and oxygen atoms in total. The van der Waals surface area contributed by atoms with Gasteiger partial charge in [0.25, 0.3) is 0 Å². The van der Waals surface area contributed by atoms with Crippen LogP contribution >= 0.6 is 0 Å². The molecule has 1 aromatic rings. The van der Waals surface area contributed by atoms with Crippen LogP contribution in [0.25, 0.3) is 0 Å². The Bertz CT molecular complexity index is 508. The van der Waals surface area contributed by atoms with E-state index in [1.807, 2.05) is 7.05 Å². The van der Waals surface area contributed by atoms with Crippen molar-refractivity contribution in [1.29, 1.82) is 0 Å². The third-order valence-corrected chi connectivity index (χ3v) is 3.04. The zero-order chi connectivity index (χ0) is 13.8. The molecule has 2 N–H and O–H groups in total. The average Bonchev–Trinajstić information content (AvgIpc) is 2.25. The van der Waals surface area contributed by atoms with E-state index in [4.69, 9.17) is 5.14 Å². The third-order valence-electron chi connectivity index (χ3n) is 2.11. The first kappa shape index (κ1) is 14.6. The molecule has 1 aromatic carbocycles. The molecule has 0 aliphatic rings. The lowest BCUT2D eigenvalue weighted by Crippen LogP contribution is -2.16. The van der Waals surface area contributed by atoms with Crippen LogP contribution in [0.2, 0.25) is 0 Å². The summed E-state index contributed by atoms with van der Waals surface area (Å²) >= 11 is 0. The third kappa shape index (κ3) is 4.80. The first-order valence-electron chi connectivity index (χ1n) is 5.54. The van der Waals surface area contributed by atoms with E-state index in [1.165, 1.54) is 12.1 Å². The van der Waals surface area contributed by atoms with Crippen molar-refractivity contribution in [1.82, 2.24) is 5.01 Å². The van der Waals surface area contributed by atoms with E-state index in [9.17, 15) is 8.42 Å². The van der Waals surface area contributed by atoms with Crippen molar-refractivity contribution in [2.45, 2.75) is 18.7 Å². The lowest BCUT2D eigenvalue weighted by Gasteiger charge is -2.13. The summed E-state index contributed by atoms with van der Waals surface area (Å²) in [6.45, 7) is 4.98. The molecule has 1 rings (SSSR count). The number of nitrogens with two attached hydrogens (primary N) is 1. The molecule has 0 saturated carbocycles. The van der Waals surface area contributed by atoms with Crippen LogP contribution in [-0.4, -0.2) is 27.0 Å². The van der Waals surface area contributed by atoms with E-state index >= 15 is 0 Å². The summed E-state index contributed by atoms with van der Waals surface area (Å²) in [6, 6.07) is 5.94. The van der Waals surface area contributed by atoms with Crippen LogP contribution in [0.15, 0.2) is 39.5 Å². The number of nitrogens with zero attached hydrogens (tertiary/aromatic N) is 3. The van der Waals surface area contributed by atoms with Crippen LogP contribution in [0.3, 0.4) is 0 Å². The predicted molar refractivity (Wildman–Crippen MR) is 69.8 cm³/mol. The molecule has 0 amide bonds. The number of hydrogen-bond acceptors (Lipinski definition) is 4. The fraction of sp³-hybridized carbons (Fsp3) is 0.455. The van der Waals surface area contributed by atoms with E-state index in [0.717, 1.165) is 6.54 Å². The molecule has 0 spiro atoms. The van der Waals surface area contributed by atoms with Gasteiger partial charge in [-0.25, -0.2) is 13.6 Å². The van der Waals surface area contributed by atoms with Gasteiger partial charge in [-0.2, -0.15) is 0 Å². The second-order valence-electron chi connectivity index (χ2n) is 4.46. The SMILES string of the molecule is CC(C)CN(C)N=Nc1ccc(S(N)(=O)=O)cc1. The smallest absolute Gasteiger partial charge is 0.238 e. The highest BCUT2D eigenvalue weighted by atomic mass is 32.2. The highest BCUT2D eigenvalue weighted by Gasteiger charge is 2.06. The van der Waals surface area contributed by atoms with Crippen molar-refractivity contribution in [2.24, 2.45) is 21.4 Å². The Hall–Kier alpha value is -1.47. The van der Waals surface area contributed by atoms with Gasteiger partial charge >= 0.3 is 0 Å². The summed E-state index contributed by atoms with van der Waals surface area (Å²) in [7, 11) is -1.81. The molecule has 0 aliphatic heterocycles. The summed E-state index contributed by atoms with van der Waals surface area (Å²) in [6.07, 6.45) is 0. The minimum absolute atomic E-state index is 0.0667. The maximum Gasteiger partial charge on any atom is 0.238 e. The van der Waals surface area contributed by atoms with Crippen molar-refractivity contribution in [2.75, 3.05) is 13.6 Å². The fourth-order valence-corrected chi connectivity index (χ4v) is 1.91. The summed E-state index contributed by atoms with van der Waals surface area (Å²) in [5, 5.41) is 14.7. The van der Waals surface area contributed by atoms with Gasteiger partial charge in [-0.05, 0) is 30.2 Å². The Balaban J connectivity index is 2.72. The van der Waals surface area contributed by atoms with Crippen LogP contribution in [0.4, 0.5) is 5.69 Å². The molecule has 100 valence electrons. The molecule has 0 heterocycles. The monoisotopic (exact) mass is 270 g/mol. The molecule has 0 unspecified atom stereocenters. The zero-order valence-corrected chi connectivity index (χ0v) is 11.6. The lowest BCUT2D eigenvalue weighted by atomic mass is 10.2. The van der Waals surface area contributed by atoms with Crippen molar-refractivity contribution in [3.63, 3.8) is 0 Å². The first-order valence-corrected chi connectivity index (χ1v) is 7.09.